The molecular weight excluding hydrogens is 200 g/mol. The minimum Gasteiger partial charge on any atom is -0.381 e. The molecular formula is C13H16N2O. The predicted octanol–water partition coefficient (Wildman–Crippen LogP) is 2.61. The van der Waals surface area contributed by atoms with E-state index in [9.17, 15) is 5.26 Å². The van der Waals surface area contributed by atoms with Crippen molar-refractivity contribution >= 4 is 6.72 Å². The van der Waals surface area contributed by atoms with Crippen LogP contribution < -0.4 is 0 Å². The van der Waals surface area contributed by atoms with Crippen molar-refractivity contribution in [3.8, 4) is 6.07 Å². The first-order chi connectivity index (χ1) is 7.80. The minimum atomic E-state index is -0.290. The molecule has 1 aliphatic heterocycles. The molecule has 0 aromatic rings. The van der Waals surface area contributed by atoms with Crippen molar-refractivity contribution in [2.75, 3.05) is 13.2 Å². The summed E-state index contributed by atoms with van der Waals surface area (Å²) in [5.41, 5.74) is 1.97. The fourth-order valence-corrected chi connectivity index (χ4v) is 2.38. The summed E-state index contributed by atoms with van der Waals surface area (Å²) in [7, 11) is 0. The van der Waals surface area contributed by atoms with Gasteiger partial charge in [0.25, 0.3) is 0 Å². The molecule has 0 amide bonds. The van der Waals surface area contributed by atoms with Crippen LogP contribution in [-0.4, -0.2) is 19.9 Å². The molecule has 0 unspecified atom stereocenters. The van der Waals surface area contributed by atoms with Crippen molar-refractivity contribution in [2.45, 2.75) is 25.7 Å². The summed E-state index contributed by atoms with van der Waals surface area (Å²) in [6.45, 7) is 4.92. The average molecular weight is 216 g/mol. The maximum absolute atomic E-state index is 9.41. The summed E-state index contributed by atoms with van der Waals surface area (Å²) in [6, 6.07) is 2.50. The minimum absolute atomic E-state index is 0.290. The first-order valence-corrected chi connectivity index (χ1v) is 5.67. The Balaban J connectivity index is 2.23. The zero-order valence-electron chi connectivity index (χ0n) is 9.41. The van der Waals surface area contributed by atoms with E-state index in [2.05, 4.69) is 23.9 Å². The van der Waals surface area contributed by atoms with Crippen molar-refractivity contribution in [3.63, 3.8) is 0 Å². The molecule has 1 fully saturated rings. The molecule has 0 bridgehead atoms. The van der Waals surface area contributed by atoms with Gasteiger partial charge in [0.05, 0.1) is 11.5 Å². The molecule has 0 aromatic carbocycles. The second kappa shape index (κ2) is 4.63. The fourth-order valence-electron chi connectivity index (χ4n) is 2.38. The van der Waals surface area contributed by atoms with Gasteiger partial charge in [-0.05, 0) is 44.0 Å². The van der Waals surface area contributed by atoms with E-state index < -0.39 is 0 Å². The van der Waals surface area contributed by atoms with E-state index in [1.54, 1.807) is 0 Å². The van der Waals surface area contributed by atoms with Crippen LogP contribution in [0.2, 0.25) is 0 Å². The second-order valence-corrected chi connectivity index (χ2v) is 4.31. The molecule has 2 rings (SSSR count). The molecule has 1 saturated heterocycles. The van der Waals surface area contributed by atoms with Crippen molar-refractivity contribution in [1.29, 1.82) is 5.26 Å². The van der Waals surface area contributed by atoms with Gasteiger partial charge in [-0.3, -0.25) is 4.99 Å². The Hall–Kier alpha value is -1.40. The zero-order chi connectivity index (χ0) is 11.4. The lowest BCUT2D eigenvalue weighted by Crippen LogP contribution is -2.30. The molecule has 0 atom stereocenters. The van der Waals surface area contributed by atoms with E-state index in [1.807, 2.05) is 6.08 Å². The summed E-state index contributed by atoms with van der Waals surface area (Å²) in [5.74, 6) is 0. The highest BCUT2D eigenvalue weighted by atomic mass is 16.5. The van der Waals surface area contributed by atoms with Gasteiger partial charge in [0.1, 0.15) is 0 Å². The fraction of sp³-hybridized carbons (Fsp3) is 0.538. The topological polar surface area (TPSA) is 45.4 Å². The van der Waals surface area contributed by atoms with Gasteiger partial charge in [0.15, 0.2) is 0 Å². The van der Waals surface area contributed by atoms with E-state index in [0.29, 0.717) is 13.2 Å². The van der Waals surface area contributed by atoms with Crippen LogP contribution in [0.5, 0.6) is 0 Å². The van der Waals surface area contributed by atoms with Crippen LogP contribution in [0, 0.1) is 16.7 Å². The summed E-state index contributed by atoms with van der Waals surface area (Å²) in [6.07, 6.45) is 7.51. The Morgan fingerprint density at radius 1 is 1.31 bits per heavy atom. The molecule has 0 N–H and O–H groups in total. The molecule has 0 radical (unpaired) electrons. The maximum atomic E-state index is 9.41. The molecule has 0 spiro atoms. The number of allylic oxidation sites excluding steroid dienone is 4. The third kappa shape index (κ3) is 1.94. The number of nitriles is 1. The van der Waals surface area contributed by atoms with Gasteiger partial charge < -0.3 is 4.74 Å². The van der Waals surface area contributed by atoms with Crippen LogP contribution in [0.4, 0.5) is 0 Å². The number of rotatable bonds is 2. The highest BCUT2D eigenvalue weighted by Gasteiger charge is 2.36. The lowest BCUT2D eigenvalue weighted by molar-refractivity contribution is 0.0528. The molecule has 0 aromatic heterocycles. The molecule has 1 aliphatic carbocycles. The molecule has 3 heteroatoms. The molecule has 2 aliphatic rings. The van der Waals surface area contributed by atoms with Crippen molar-refractivity contribution < 1.29 is 4.74 Å². The molecule has 0 saturated carbocycles. The zero-order valence-corrected chi connectivity index (χ0v) is 9.41. The Morgan fingerprint density at radius 3 is 2.56 bits per heavy atom. The Labute approximate surface area is 96.1 Å². The van der Waals surface area contributed by atoms with E-state index in [0.717, 1.165) is 31.4 Å². The molecule has 3 nitrogen and oxygen atoms in total. The van der Waals surface area contributed by atoms with Crippen LogP contribution in [0.3, 0.4) is 0 Å². The average Bonchev–Trinajstić information content (AvgIpc) is 2.39. The van der Waals surface area contributed by atoms with Gasteiger partial charge in [0.2, 0.25) is 0 Å². The van der Waals surface area contributed by atoms with Gasteiger partial charge in [-0.15, -0.1) is 0 Å². The van der Waals surface area contributed by atoms with Gasteiger partial charge in [0, 0.05) is 18.9 Å². The van der Waals surface area contributed by atoms with Gasteiger partial charge in [-0.2, -0.15) is 5.26 Å². The smallest absolute Gasteiger partial charge is 0.0829 e. The second-order valence-electron chi connectivity index (χ2n) is 4.31. The summed E-state index contributed by atoms with van der Waals surface area (Å²) >= 11 is 0. The third-order valence-electron chi connectivity index (χ3n) is 3.51. The van der Waals surface area contributed by atoms with E-state index in [4.69, 9.17) is 4.74 Å². The number of nitrogens with zero attached hydrogens (tertiary/aromatic N) is 2. The molecule has 16 heavy (non-hydrogen) atoms. The Bertz CT molecular complexity index is 381. The first kappa shape index (κ1) is 11.1. The van der Waals surface area contributed by atoms with Gasteiger partial charge in [-0.1, -0.05) is 6.08 Å². The van der Waals surface area contributed by atoms with Crippen molar-refractivity contribution in [1.82, 2.24) is 0 Å². The SMILES string of the molecule is C=NC1=CC=C(C2(C#N)CCOCC2)CC1. The first-order valence-electron chi connectivity index (χ1n) is 5.67. The number of hydrogen-bond acceptors (Lipinski definition) is 3. The predicted molar refractivity (Wildman–Crippen MR) is 63.0 cm³/mol. The Morgan fingerprint density at radius 2 is 2.06 bits per heavy atom. The Kier molecular flexibility index (Phi) is 3.21. The number of aliphatic imine (C=N–C) groups is 1. The highest BCUT2D eigenvalue weighted by Crippen LogP contribution is 2.41. The standard InChI is InChI=1S/C13H16N2O/c1-15-12-4-2-11(3-5-12)13(10-14)6-8-16-9-7-13/h2,4H,1,3,5-9H2. The molecule has 1 heterocycles. The molecule has 84 valence electrons. The van der Waals surface area contributed by atoms with E-state index >= 15 is 0 Å². The van der Waals surface area contributed by atoms with Crippen molar-refractivity contribution in [2.24, 2.45) is 10.4 Å². The monoisotopic (exact) mass is 216 g/mol. The van der Waals surface area contributed by atoms with Crippen LogP contribution in [0.1, 0.15) is 25.7 Å². The summed E-state index contributed by atoms with van der Waals surface area (Å²) in [5, 5.41) is 9.41. The van der Waals surface area contributed by atoms with E-state index in [-0.39, 0.29) is 5.41 Å². The highest BCUT2D eigenvalue weighted by molar-refractivity contribution is 5.36. The normalized spacial score (nSPS) is 23.9. The number of ether oxygens (including phenoxy) is 1. The van der Waals surface area contributed by atoms with Crippen LogP contribution >= 0.6 is 0 Å². The maximum Gasteiger partial charge on any atom is 0.0829 e. The van der Waals surface area contributed by atoms with Gasteiger partial charge in [-0.25, -0.2) is 0 Å². The van der Waals surface area contributed by atoms with Crippen LogP contribution in [0.25, 0.3) is 0 Å². The largest absolute Gasteiger partial charge is 0.381 e. The van der Waals surface area contributed by atoms with E-state index in [1.165, 1.54) is 5.57 Å². The lowest BCUT2D eigenvalue weighted by atomic mass is 9.72. The number of hydrogen-bond donors (Lipinski definition) is 0. The quantitative estimate of drug-likeness (QED) is 0.666. The van der Waals surface area contributed by atoms with Gasteiger partial charge >= 0.3 is 0 Å². The summed E-state index contributed by atoms with van der Waals surface area (Å²) < 4.78 is 5.34. The third-order valence-corrected chi connectivity index (χ3v) is 3.51. The lowest BCUT2D eigenvalue weighted by Gasteiger charge is -2.34. The van der Waals surface area contributed by atoms with Crippen molar-refractivity contribution in [3.05, 3.63) is 23.4 Å². The van der Waals surface area contributed by atoms with Crippen LogP contribution in [-0.2, 0) is 4.74 Å². The van der Waals surface area contributed by atoms with Crippen LogP contribution in [0.15, 0.2) is 28.4 Å². The summed E-state index contributed by atoms with van der Waals surface area (Å²) in [4.78, 5) is 3.93.